The van der Waals surface area contributed by atoms with E-state index in [2.05, 4.69) is 10.3 Å². The molecular formula is C19H18FN3O3. The van der Waals surface area contributed by atoms with Crippen LogP contribution in [0.5, 0.6) is 0 Å². The minimum atomic E-state index is -1.14. The Morgan fingerprint density at radius 1 is 1.23 bits per heavy atom. The zero-order chi connectivity index (χ0) is 18.7. The number of carboxylic acids is 1. The molecule has 0 fully saturated rings. The number of pyridine rings is 1. The fourth-order valence-corrected chi connectivity index (χ4v) is 2.83. The Bertz CT molecular complexity index is 953. The largest absolute Gasteiger partial charge is 0.480 e. The van der Waals surface area contributed by atoms with Crippen LogP contribution in [0.3, 0.4) is 0 Å². The minimum Gasteiger partial charge on any atom is -0.480 e. The zero-order valence-corrected chi connectivity index (χ0v) is 14.1. The Morgan fingerprint density at radius 3 is 2.62 bits per heavy atom. The third-order valence-electron chi connectivity index (χ3n) is 4.09. The summed E-state index contributed by atoms with van der Waals surface area (Å²) in [6, 6.07) is 10.7. The molecule has 1 aromatic carbocycles. The molecule has 0 aliphatic carbocycles. The van der Waals surface area contributed by atoms with Crippen molar-refractivity contribution in [2.24, 2.45) is 0 Å². The average molecular weight is 355 g/mol. The van der Waals surface area contributed by atoms with E-state index in [0.717, 1.165) is 5.56 Å². The third-order valence-corrected chi connectivity index (χ3v) is 4.09. The molecule has 0 bridgehead atoms. The number of rotatable bonds is 6. The van der Waals surface area contributed by atoms with E-state index in [-0.39, 0.29) is 12.1 Å². The number of nitrogens with zero attached hydrogens (tertiary/aromatic N) is 2. The second-order valence-corrected chi connectivity index (χ2v) is 5.89. The van der Waals surface area contributed by atoms with Crippen LogP contribution >= 0.6 is 0 Å². The molecule has 2 N–H and O–H groups in total. The van der Waals surface area contributed by atoms with Crippen LogP contribution in [0, 0.1) is 5.82 Å². The number of nitrogens with one attached hydrogen (secondary N) is 1. The molecular weight excluding hydrogens is 337 g/mol. The van der Waals surface area contributed by atoms with Gasteiger partial charge in [-0.25, -0.2) is 14.2 Å². The van der Waals surface area contributed by atoms with Crippen LogP contribution in [0.15, 0.2) is 48.7 Å². The van der Waals surface area contributed by atoms with E-state index in [9.17, 15) is 19.1 Å². The highest BCUT2D eigenvalue weighted by atomic mass is 19.1. The first-order chi connectivity index (χ1) is 12.5. The molecule has 0 saturated heterocycles. The van der Waals surface area contributed by atoms with Crippen LogP contribution in [0.25, 0.3) is 5.65 Å². The highest BCUT2D eigenvalue weighted by Gasteiger charge is 2.25. The van der Waals surface area contributed by atoms with E-state index in [1.165, 1.54) is 22.7 Å². The molecule has 134 valence electrons. The van der Waals surface area contributed by atoms with Crippen molar-refractivity contribution < 1.29 is 19.1 Å². The molecule has 6 nitrogen and oxygen atoms in total. The monoisotopic (exact) mass is 355 g/mol. The van der Waals surface area contributed by atoms with E-state index < -0.39 is 23.7 Å². The van der Waals surface area contributed by atoms with E-state index in [0.29, 0.717) is 17.8 Å². The van der Waals surface area contributed by atoms with Crippen LogP contribution in [0.2, 0.25) is 0 Å². The number of aromatic nitrogens is 2. The fraction of sp³-hybridized carbons (Fsp3) is 0.211. The first kappa shape index (κ1) is 17.6. The topological polar surface area (TPSA) is 83.7 Å². The second kappa shape index (κ2) is 7.35. The number of hydrogen-bond donors (Lipinski definition) is 2. The molecule has 2 aromatic heterocycles. The van der Waals surface area contributed by atoms with Crippen molar-refractivity contribution in [2.45, 2.75) is 25.8 Å². The highest BCUT2D eigenvalue weighted by Crippen LogP contribution is 2.15. The van der Waals surface area contributed by atoms with Crippen molar-refractivity contribution in [1.29, 1.82) is 0 Å². The lowest BCUT2D eigenvalue weighted by atomic mass is 10.1. The van der Waals surface area contributed by atoms with Gasteiger partial charge in [-0.2, -0.15) is 0 Å². The summed E-state index contributed by atoms with van der Waals surface area (Å²) in [4.78, 5) is 28.7. The Hall–Kier alpha value is -3.22. The smallest absolute Gasteiger partial charge is 0.326 e. The molecule has 2 heterocycles. The summed E-state index contributed by atoms with van der Waals surface area (Å²) in [6.45, 7) is 1.83. The molecule has 1 unspecified atom stereocenters. The summed E-state index contributed by atoms with van der Waals surface area (Å²) in [6.07, 6.45) is 1.78. The summed E-state index contributed by atoms with van der Waals surface area (Å²) in [5, 5.41) is 12.0. The van der Waals surface area contributed by atoms with Gasteiger partial charge in [0, 0.05) is 12.6 Å². The van der Waals surface area contributed by atoms with Crippen LogP contribution < -0.4 is 5.32 Å². The zero-order valence-electron chi connectivity index (χ0n) is 14.1. The summed E-state index contributed by atoms with van der Waals surface area (Å²) < 4.78 is 14.9. The SMILES string of the molecule is CCc1nc2ccc(F)cn2c1C(=O)NC(Cc1ccccc1)C(=O)O. The molecule has 3 rings (SSSR count). The van der Waals surface area contributed by atoms with E-state index in [4.69, 9.17) is 0 Å². The number of halogens is 1. The molecule has 0 aliphatic heterocycles. The van der Waals surface area contributed by atoms with Crippen LogP contribution in [0.4, 0.5) is 4.39 Å². The van der Waals surface area contributed by atoms with Crippen molar-refractivity contribution in [3.05, 3.63) is 71.4 Å². The van der Waals surface area contributed by atoms with Crippen LogP contribution in [-0.2, 0) is 17.6 Å². The number of imidazole rings is 1. The molecule has 1 atom stereocenters. The summed E-state index contributed by atoms with van der Waals surface area (Å²) in [5.74, 6) is -2.24. The predicted molar refractivity (Wildman–Crippen MR) is 93.6 cm³/mol. The lowest BCUT2D eigenvalue weighted by molar-refractivity contribution is -0.139. The maximum atomic E-state index is 13.6. The Kier molecular flexibility index (Phi) is 4.97. The van der Waals surface area contributed by atoms with Gasteiger partial charge in [0.2, 0.25) is 0 Å². The molecule has 0 aliphatic rings. The average Bonchev–Trinajstić information content (AvgIpc) is 2.99. The maximum absolute atomic E-state index is 13.6. The predicted octanol–water partition coefficient (Wildman–Crippen LogP) is 2.46. The number of aliphatic carboxylic acids is 1. The van der Waals surface area contributed by atoms with Gasteiger partial charge >= 0.3 is 5.97 Å². The van der Waals surface area contributed by atoms with Crippen molar-refractivity contribution >= 4 is 17.5 Å². The van der Waals surface area contributed by atoms with Crippen LogP contribution in [0.1, 0.15) is 28.7 Å². The van der Waals surface area contributed by atoms with Crippen molar-refractivity contribution in [1.82, 2.24) is 14.7 Å². The molecule has 0 radical (unpaired) electrons. The van der Waals surface area contributed by atoms with E-state index in [1.54, 1.807) is 24.3 Å². The molecule has 26 heavy (non-hydrogen) atoms. The number of benzene rings is 1. The normalized spacial score (nSPS) is 12.1. The third kappa shape index (κ3) is 3.56. The van der Waals surface area contributed by atoms with Gasteiger partial charge in [0.05, 0.1) is 5.69 Å². The van der Waals surface area contributed by atoms with E-state index >= 15 is 0 Å². The standard InChI is InChI=1S/C19H18FN3O3/c1-2-14-17(23-11-13(20)8-9-16(23)21-14)18(24)22-15(19(25)26)10-12-6-4-3-5-7-12/h3-9,11,15H,2,10H2,1H3,(H,22,24)(H,25,26). The summed E-state index contributed by atoms with van der Waals surface area (Å²) >= 11 is 0. The highest BCUT2D eigenvalue weighted by molar-refractivity contribution is 5.97. The summed E-state index contributed by atoms with van der Waals surface area (Å²) in [5.41, 5.74) is 1.86. The number of hydrogen-bond acceptors (Lipinski definition) is 3. The quantitative estimate of drug-likeness (QED) is 0.711. The van der Waals surface area contributed by atoms with Crippen molar-refractivity contribution in [3.63, 3.8) is 0 Å². The lowest BCUT2D eigenvalue weighted by Gasteiger charge is -2.15. The Morgan fingerprint density at radius 2 is 1.96 bits per heavy atom. The van der Waals surface area contributed by atoms with Gasteiger partial charge in [0.1, 0.15) is 23.2 Å². The number of amides is 1. The first-order valence-electron chi connectivity index (χ1n) is 8.23. The molecule has 0 spiro atoms. The van der Waals surface area contributed by atoms with Gasteiger partial charge < -0.3 is 10.4 Å². The van der Waals surface area contributed by atoms with Gasteiger partial charge in [-0.05, 0) is 24.1 Å². The minimum absolute atomic E-state index is 0.147. The van der Waals surface area contributed by atoms with Gasteiger partial charge in [0.25, 0.3) is 5.91 Å². The van der Waals surface area contributed by atoms with Crippen LogP contribution in [-0.4, -0.2) is 32.4 Å². The summed E-state index contributed by atoms with van der Waals surface area (Å²) in [7, 11) is 0. The van der Waals surface area contributed by atoms with E-state index in [1.807, 2.05) is 13.0 Å². The van der Waals surface area contributed by atoms with Gasteiger partial charge in [-0.1, -0.05) is 37.3 Å². The maximum Gasteiger partial charge on any atom is 0.326 e. The lowest BCUT2D eigenvalue weighted by Crippen LogP contribution is -2.43. The van der Waals surface area contributed by atoms with Crippen molar-refractivity contribution in [3.8, 4) is 0 Å². The van der Waals surface area contributed by atoms with Crippen molar-refractivity contribution in [2.75, 3.05) is 0 Å². The molecule has 1 amide bonds. The Balaban J connectivity index is 1.91. The molecule has 7 heteroatoms. The molecule has 0 saturated carbocycles. The first-order valence-corrected chi connectivity index (χ1v) is 8.23. The number of carbonyl (C=O) groups is 2. The van der Waals surface area contributed by atoms with Gasteiger partial charge in [0.15, 0.2) is 0 Å². The second-order valence-electron chi connectivity index (χ2n) is 5.89. The fourth-order valence-electron chi connectivity index (χ4n) is 2.83. The number of carbonyl (C=O) groups excluding carboxylic acids is 1. The number of aryl methyl sites for hydroxylation is 1. The van der Waals surface area contributed by atoms with Gasteiger partial charge in [-0.15, -0.1) is 0 Å². The number of fused-ring (bicyclic) bond motifs is 1. The Labute approximate surface area is 149 Å². The number of carboxylic acid groups (broad SMARTS) is 1. The van der Waals surface area contributed by atoms with Gasteiger partial charge in [-0.3, -0.25) is 9.20 Å². The molecule has 3 aromatic rings.